The number of benzene rings is 2. The van der Waals surface area contributed by atoms with E-state index >= 15 is 0 Å². The van der Waals surface area contributed by atoms with Crippen LogP contribution in [0.1, 0.15) is 66.8 Å². The quantitative estimate of drug-likeness (QED) is 0.793. The predicted octanol–water partition coefficient (Wildman–Crippen LogP) is 3.97. The predicted molar refractivity (Wildman–Crippen MR) is 118 cm³/mol. The van der Waals surface area contributed by atoms with Crippen LogP contribution in [0.15, 0.2) is 48.5 Å². The number of fused-ring (bicyclic) bond motifs is 3. The van der Waals surface area contributed by atoms with Gasteiger partial charge in [-0.3, -0.25) is 9.69 Å². The van der Waals surface area contributed by atoms with Gasteiger partial charge in [-0.2, -0.15) is 0 Å². The first-order valence-corrected chi connectivity index (χ1v) is 11.4. The van der Waals surface area contributed by atoms with E-state index in [2.05, 4.69) is 72.6 Å². The molecule has 0 aromatic heterocycles. The average Bonchev–Trinajstić information content (AvgIpc) is 3.24. The van der Waals surface area contributed by atoms with Crippen LogP contribution >= 0.6 is 0 Å². The van der Waals surface area contributed by atoms with Gasteiger partial charge in [-0.25, -0.2) is 0 Å². The van der Waals surface area contributed by atoms with E-state index < -0.39 is 0 Å². The van der Waals surface area contributed by atoms with Gasteiger partial charge in [0.25, 0.3) is 0 Å². The molecule has 1 heterocycles. The van der Waals surface area contributed by atoms with Crippen molar-refractivity contribution in [2.45, 2.75) is 57.2 Å². The maximum Gasteiger partial charge on any atom is 0.223 e. The lowest BCUT2D eigenvalue weighted by molar-refractivity contribution is -0.132. The first kappa shape index (κ1) is 19.8. The van der Waals surface area contributed by atoms with Crippen LogP contribution in [0.4, 0.5) is 0 Å². The number of aliphatic hydroxyl groups is 1. The van der Waals surface area contributed by atoms with Crippen molar-refractivity contribution in [3.8, 4) is 0 Å². The first-order chi connectivity index (χ1) is 14.5. The summed E-state index contributed by atoms with van der Waals surface area (Å²) in [5.74, 6) is 1.55. The van der Waals surface area contributed by atoms with Crippen LogP contribution in [0.3, 0.4) is 0 Å². The van der Waals surface area contributed by atoms with E-state index in [9.17, 15) is 9.90 Å². The molecule has 1 aliphatic heterocycles. The molecule has 0 unspecified atom stereocenters. The molecule has 1 saturated heterocycles. The van der Waals surface area contributed by atoms with Gasteiger partial charge in [-0.15, -0.1) is 0 Å². The van der Waals surface area contributed by atoms with Gasteiger partial charge in [0.1, 0.15) is 0 Å². The third-order valence-electron chi connectivity index (χ3n) is 7.43. The number of nitrogens with zero attached hydrogens (tertiary/aromatic N) is 1. The summed E-state index contributed by atoms with van der Waals surface area (Å²) in [7, 11) is 0. The summed E-state index contributed by atoms with van der Waals surface area (Å²) in [6, 6.07) is 17.7. The molecule has 3 atom stereocenters. The number of aliphatic hydroxyl groups excluding tert-OH is 1. The highest BCUT2D eigenvalue weighted by Gasteiger charge is 2.47. The van der Waals surface area contributed by atoms with Crippen molar-refractivity contribution in [2.75, 3.05) is 13.1 Å². The summed E-state index contributed by atoms with van der Waals surface area (Å²) in [5, 5.41) is 12.9. The fraction of sp³-hybridized carbons (Fsp3) is 0.500. The van der Waals surface area contributed by atoms with Gasteiger partial charge < -0.3 is 10.4 Å². The second-order valence-electron chi connectivity index (χ2n) is 9.80. The van der Waals surface area contributed by atoms with Gasteiger partial charge in [0.05, 0.1) is 12.1 Å². The van der Waals surface area contributed by atoms with E-state index in [1.54, 1.807) is 0 Å². The van der Waals surface area contributed by atoms with Gasteiger partial charge in [0, 0.05) is 37.4 Å². The second kappa shape index (κ2) is 7.82. The lowest BCUT2D eigenvalue weighted by Gasteiger charge is -2.32. The van der Waals surface area contributed by atoms with Crippen molar-refractivity contribution in [3.63, 3.8) is 0 Å². The molecule has 3 aliphatic rings. The summed E-state index contributed by atoms with van der Waals surface area (Å²) >= 11 is 0. The number of nitrogens with one attached hydrogen (secondary N) is 1. The number of carbonyl (C=O) groups is 1. The smallest absolute Gasteiger partial charge is 0.223 e. The number of amides is 1. The van der Waals surface area contributed by atoms with Crippen molar-refractivity contribution in [1.29, 1.82) is 0 Å². The minimum absolute atomic E-state index is 0.0248. The maximum atomic E-state index is 12.7. The first-order valence-electron chi connectivity index (χ1n) is 11.4. The van der Waals surface area contributed by atoms with E-state index in [0.717, 1.165) is 19.6 Å². The number of rotatable bonds is 5. The lowest BCUT2D eigenvalue weighted by atomic mass is 9.81. The Hall–Kier alpha value is -2.17. The van der Waals surface area contributed by atoms with Crippen LogP contribution in [-0.4, -0.2) is 35.1 Å². The minimum atomic E-state index is -0.298. The summed E-state index contributed by atoms with van der Waals surface area (Å²) in [6.07, 6.45) is 0.910. The van der Waals surface area contributed by atoms with Crippen molar-refractivity contribution in [3.05, 3.63) is 70.8 Å². The number of carbonyl (C=O) groups excluding carboxylic acids is 1. The van der Waals surface area contributed by atoms with E-state index in [1.165, 1.54) is 22.3 Å². The van der Waals surface area contributed by atoms with Crippen molar-refractivity contribution in [1.82, 2.24) is 10.2 Å². The molecule has 1 saturated carbocycles. The van der Waals surface area contributed by atoms with Gasteiger partial charge in [0.2, 0.25) is 5.91 Å². The zero-order chi connectivity index (χ0) is 20.8. The molecule has 2 fully saturated rings. The Kier molecular flexibility index (Phi) is 5.16. The highest BCUT2D eigenvalue weighted by atomic mass is 16.3. The SMILES string of the molecule is CC(C)c1ccc(CN2C[C@@H]3[C@H](NC(=O)C4CC(O)C4)c4ccccc4[C@@H]3C2)cc1. The molecule has 0 radical (unpaired) electrons. The molecule has 0 bridgehead atoms. The van der Waals surface area contributed by atoms with Crippen molar-refractivity contribution >= 4 is 5.91 Å². The summed E-state index contributed by atoms with van der Waals surface area (Å²) in [4.78, 5) is 15.3. The molecule has 1 amide bonds. The Morgan fingerprint density at radius 1 is 1.07 bits per heavy atom. The number of hydrogen-bond acceptors (Lipinski definition) is 3. The molecule has 2 aromatic rings. The third-order valence-corrected chi connectivity index (χ3v) is 7.43. The molecule has 5 rings (SSSR count). The minimum Gasteiger partial charge on any atom is -0.393 e. The van der Waals surface area contributed by atoms with Crippen LogP contribution < -0.4 is 5.32 Å². The Bertz CT molecular complexity index is 917. The van der Waals surface area contributed by atoms with Crippen molar-refractivity contribution < 1.29 is 9.90 Å². The molecular formula is C26H32N2O2. The van der Waals surface area contributed by atoms with Crippen LogP contribution in [0.25, 0.3) is 0 Å². The fourth-order valence-corrected chi connectivity index (χ4v) is 5.60. The normalized spacial score (nSPS) is 30.1. The maximum absolute atomic E-state index is 12.7. The summed E-state index contributed by atoms with van der Waals surface area (Å²) in [6.45, 7) is 7.47. The van der Waals surface area contributed by atoms with E-state index in [-0.39, 0.29) is 24.0 Å². The van der Waals surface area contributed by atoms with Gasteiger partial charge in [-0.05, 0) is 41.0 Å². The molecule has 158 valence electrons. The third kappa shape index (κ3) is 3.57. The largest absolute Gasteiger partial charge is 0.393 e. The number of likely N-dealkylation sites (tertiary alicyclic amines) is 1. The van der Waals surface area contributed by atoms with Crippen LogP contribution in [0.5, 0.6) is 0 Å². The lowest BCUT2D eigenvalue weighted by Crippen LogP contribution is -2.43. The molecule has 2 N–H and O–H groups in total. The van der Waals surface area contributed by atoms with Gasteiger partial charge in [0.15, 0.2) is 0 Å². The molecule has 4 nitrogen and oxygen atoms in total. The van der Waals surface area contributed by atoms with Gasteiger partial charge in [-0.1, -0.05) is 62.4 Å². The number of hydrogen-bond donors (Lipinski definition) is 2. The summed E-state index contributed by atoms with van der Waals surface area (Å²) in [5.41, 5.74) is 5.44. The summed E-state index contributed by atoms with van der Waals surface area (Å²) < 4.78 is 0. The zero-order valence-corrected chi connectivity index (χ0v) is 17.9. The molecule has 0 spiro atoms. The Labute approximate surface area is 179 Å². The monoisotopic (exact) mass is 404 g/mol. The zero-order valence-electron chi connectivity index (χ0n) is 17.9. The van der Waals surface area contributed by atoms with Crippen molar-refractivity contribution in [2.24, 2.45) is 11.8 Å². The molecule has 30 heavy (non-hydrogen) atoms. The highest BCUT2D eigenvalue weighted by molar-refractivity contribution is 5.80. The Morgan fingerprint density at radius 3 is 2.43 bits per heavy atom. The van der Waals surface area contributed by atoms with Gasteiger partial charge >= 0.3 is 0 Å². The van der Waals surface area contributed by atoms with E-state index in [4.69, 9.17) is 0 Å². The van der Waals surface area contributed by atoms with E-state index in [1.807, 2.05) is 0 Å². The Morgan fingerprint density at radius 2 is 1.77 bits per heavy atom. The topological polar surface area (TPSA) is 52.6 Å². The highest BCUT2D eigenvalue weighted by Crippen LogP contribution is 2.49. The standard InChI is InChI=1S/C26H32N2O2/c1-16(2)18-9-7-17(8-10-18)13-28-14-23-21-5-3-4-6-22(21)25(24(23)15-28)27-26(30)19-11-20(29)12-19/h3-10,16,19-20,23-25,29H,11-15H2,1-2H3,(H,27,30)/t19?,20?,23-,24-,25+/m0/s1. The average molecular weight is 405 g/mol. The second-order valence-corrected chi connectivity index (χ2v) is 9.80. The van der Waals surface area contributed by atoms with Crippen LogP contribution in [0.2, 0.25) is 0 Å². The van der Waals surface area contributed by atoms with E-state index in [0.29, 0.717) is 30.6 Å². The fourth-order valence-electron chi connectivity index (χ4n) is 5.60. The Balaban J connectivity index is 1.30. The molecule has 2 aromatic carbocycles. The van der Waals surface area contributed by atoms with Crippen LogP contribution in [-0.2, 0) is 11.3 Å². The molecular weight excluding hydrogens is 372 g/mol. The van der Waals surface area contributed by atoms with Crippen LogP contribution in [0, 0.1) is 11.8 Å². The molecule has 2 aliphatic carbocycles. The molecule has 4 heteroatoms.